The third-order valence-corrected chi connectivity index (χ3v) is 1.91. The quantitative estimate of drug-likeness (QED) is 0.765. The summed E-state index contributed by atoms with van der Waals surface area (Å²) in [5, 5.41) is 8.87. The average molecular weight is 212 g/mol. The average Bonchev–Trinajstić information content (AvgIpc) is 2.10. The van der Waals surface area contributed by atoms with E-state index in [1.165, 1.54) is 13.8 Å². The van der Waals surface area contributed by atoms with Gasteiger partial charge in [-0.15, -0.1) is 0 Å². The highest BCUT2D eigenvalue weighted by atomic mass is 19.1. The highest BCUT2D eigenvalue weighted by molar-refractivity contribution is 6.16. The Hall–Kier alpha value is -1.71. The molecule has 1 aromatic rings. The van der Waals surface area contributed by atoms with Crippen molar-refractivity contribution in [3.8, 4) is 0 Å². The Balaban J connectivity index is 3.43. The first-order valence-corrected chi connectivity index (χ1v) is 4.29. The van der Waals surface area contributed by atoms with Crippen LogP contribution in [0.2, 0.25) is 0 Å². The summed E-state index contributed by atoms with van der Waals surface area (Å²) in [5.41, 5.74) is 0.00139. The number of allylic oxidation sites excluding steroid dienone is 1. The van der Waals surface area contributed by atoms with Crippen molar-refractivity contribution in [3.05, 3.63) is 41.0 Å². The number of rotatable bonds is 2. The summed E-state index contributed by atoms with van der Waals surface area (Å²) in [6.45, 7) is 3.07. The minimum absolute atomic E-state index is 0.202. The fourth-order valence-electron chi connectivity index (χ4n) is 1.29. The lowest BCUT2D eigenvalue weighted by atomic mass is 10.0. The van der Waals surface area contributed by atoms with Crippen LogP contribution in [0.4, 0.5) is 8.78 Å². The van der Waals surface area contributed by atoms with Gasteiger partial charge in [-0.25, -0.2) is 13.6 Å². The molecule has 0 atom stereocenters. The van der Waals surface area contributed by atoms with Crippen molar-refractivity contribution in [3.63, 3.8) is 0 Å². The van der Waals surface area contributed by atoms with Crippen LogP contribution in [-0.2, 0) is 4.79 Å². The van der Waals surface area contributed by atoms with E-state index in [9.17, 15) is 13.6 Å². The van der Waals surface area contributed by atoms with Crippen LogP contribution < -0.4 is 0 Å². The van der Waals surface area contributed by atoms with E-state index in [-0.39, 0.29) is 11.1 Å². The lowest BCUT2D eigenvalue weighted by Gasteiger charge is -2.06. The molecule has 0 aliphatic heterocycles. The van der Waals surface area contributed by atoms with Crippen LogP contribution in [-0.4, -0.2) is 11.1 Å². The van der Waals surface area contributed by atoms with Crippen LogP contribution in [0.5, 0.6) is 0 Å². The molecule has 0 fully saturated rings. The smallest absolute Gasteiger partial charge is 0.336 e. The molecule has 1 rings (SSSR count). The minimum Gasteiger partial charge on any atom is -0.478 e. The fourth-order valence-corrected chi connectivity index (χ4v) is 1.29. The maximum absolute atomic E-state index is 13.3. The fraction of sp³-hybridized carbons (Fsp3) is 0.182. The molecule has 1 aromatic carbocycles. The molecule has 0 unspecified atom stereocenters. The zero-order valence-corrected chi connectivity index (χ0v) is 8.34. The second-order valence-corrected chi connectivity index (χ2v) is 3.30. The molecule has 0 saturated carbocycles. The molecule has 4 heteroatoms. The molecular formula is C11H10F2O2. The van der Waals surface area contributed by atoms with Crippen molar-refractivity contribution in [1.29, 1.82) is 0 Å². The third kappa shape index (κ3) is 2.40. The Kier molecular flexibility index (Phi) is 3.19. The third-order valence-electron chi connectivity index (χ3n) is 1.91. The molecule has 15 heavy (non-hydrogen) atoms. The predicted molar refractivity (Wildman–Crippen MR) is 52.3 cm³/mol. The van der Waals surface area contributed by atoms with Gasteiger partial charge in [0, 0.05) is 5.56 Å². The topological polar surface area (TPSA) is 37.3 Å². The molecule has 1 N–H and O–H groups in total. The van der Waals surface area contributed by atoms with Gasteiger partial charge in [0.2, 0.25) is 0 Å². The van der Waals surface area contributed by atoms with E-state index >= 15 is 0 Å². The van der Waals surface area contributed by atoms with Crippen LogP contribution in [0, 0.1) is 11.6 Å². The maximum atomic E-state index is 13.3. The van der Waals surface area contributed by atoms with Gasteiger partial charge in [0.1, 0.15) is 11.6 Å². The zero-order valence-electron chi connectivity index (χ0n) is 8.34. The zero-order chi connectivity index (χ0) is 11.6. The van der Waals surface area contributed by atoms with Crippen LogP contribution in [0.15, 0.2) is 23.8 Å². The SMILES string of the molecule is CC(C)=C(C(=O)O)c1cc(F)ccc1F. The maximum Gasteiger partial charge on any atom is 0.336 e. The van der Waals surface area contributed by atoms with Gasteiger partial charge in [0.15, 0.2) is 0 Å². The normalized spacial score (nSPS) is 9.87. The van der Waals surface area contributed by atoms with Gasteiger partial charge in [-0.05, 0) is 32.0 Å². The van der Waals surface area contributed by atoms with Gasteiger partial charge in [0.25, 0.3) is 0 Å². The first kappa shape index (κ1) is 11.4. The monoisotopic (exact) mass is 212 g/mol. The summed E-state index contributed by atoms with van der Waals surface area (Å²) in [4.78, 5) is 10.9. The molecule has 0 spiro atoms. The highest BCUT2D eigenvalue weighted by Gasteiger charge is 2.16. The predicted octanol–water partition coefficient (Wildman–Crippen LogP) is 2.84. The highest BCUT2D eigenvalue weighted by Crippen LogP contribution is 2.22. The molecule has 0 saturated heterocycles. The van der Waals surface area contributed by atoms with E-state index < -0.39 is 17.6 Å². The second-order valence-electron chi connectivity index (χ2n) is 3.30. The van der Waals surface area contributed by atoms with E-state index in [0.29, 0.717) is 5.57 Å². The Morgan fingerprint density at radius 3 is 2.33 bits per heavy atom. The Bertz CT molecular complexity index is 432. The number of benzene rings is 1. The standard InChI is InChI=1S/C11H10F2O2/c1-6(2)10(11(14)15)8-5-7(12)3-4-9(8)13/h3-5H,1-2H3,(H,14,15). The Morgan fingerprint density at radius 2 is 1.87 bits per heavy atom. The van der Waals surface area contributed by atoms with E-state index in [1.54, 1.807) is 0 Å². The molecular weight excluding hydrogens is 202 g/mol. The molecule has 0 amide bonds. The van der Waals surface area contributed by atoms with E-state index in [1.807, 2.05) is 0 Å². The van der Waals surface area contributed by atoms with Crippen molar-refractivity contribution < 1.29 is 18.7 Å². The van der Waals surface area contributed by atoms with Crippen LogP contribution in [0.1, 0.15) is 19.4 Å². The number of carbonyl (C=O) groups is 1. The van der Waals surface area contributed by atoms with E-state index in [4.69, 9.17) is 5.11 Å². The molecule has 0 aliphatic carbocycles. The number of hydrogen-bond acceptors (Lipinski definition) is 1. The summed E-state index contributed by atoms with van der Waals surface area (Å²) in [7, 11) is 0. The van der Waals surface area contributed by atoms with Crippen molar-refractivity contribution in [2.75, 3.05) is 0 Å². The first-order chi connectivity index (χ1) is 6.93. The summed E-state index contributed by atoms with van der Waals surface area (Å²) < 4.78 is 26.1. The number of hydrogen-bond donors (Lipinski definition) is 1. The van der Waals surface area contributed by atoms with Crippen molar-refractivity contribution in [2.24, 2.45) is 0 Å². The molecule has 2 nitrogen and oxygen atoms in total. The molecule has 0 aromatic heterocycles. The van der Waals surface area contributed by atoms with Crippen molar-refractivity contribution in [1.82, 2.24) is 0 Å². The number of aliphatic carboxylic acids is 1. The van der Waals surface area contributed by atoms with Crippen LogP contribution >= 0.6 is 0 Å². The van der Waals surface area contributed by atoms with Gasteiger partial charge in [-0.3, -0.25) is 0 Å². The van der Waals surface area contributed by atoms with Crippen molar-refractivity contribution in [2.45, 2.75) is 13.8 Å². The molecule has 80 valence electrons. The first-order valence-electron chi connectivity index (χ1n) is 4.29. The minimum atomic E-state index is -1.26. The second kappa shape index (κ2) is 4.21. The number of halogens is 2. The molecule has 0 heterocycles. The van der Waals surface area contributed by atoms with Gasteiger partial charge in [-0.2, -0.15) is 0 Å². The number of carboxylic acid groups (broad SMARTS) is 1. The summed E-state index contributed by atoms with van der Waals surface area (Å²) in [6.07, 6.45) is 0. The lowest BCUT2D eigenvalue weighted by molar-refractivity contribution is -0.130. The van der Waals surface area contributed by atoms with Crippen LogP contribution in [0.25, 0.3) is 5.57 Å². The largest absolute Gasteiger partial charge is 0.478 e. The van der Waals surface area contributed by atoms with Gasteiger partial charge >= 0.3 is 5.97 Å². The lowest BCUT2D eigenvalue weighted by Crippen LogP contribution is -2.04. The van der Waals surface area contributed by atoms with E-state index in [2.05, 4.69) is 0 Å². The van der Waals surface area contributed by atoms with Gasteiger partial charge in [-0.1, -0.05) is 5.57 Å². The summed E-state index contributed by atoms with van der Waals surface area (Å²) in [6, 6.07) is 2.74. The molecule has 0 aliphatic rings. The Labute approximate surface area is 85.9 Å². The summed E-state index contributed by atoms with van der Waals surface area (Å²) in [5.74, 6) is -2.67. The summed E-state index contributed by atoms with van der Waals surface area (Å²) >= 11 is 0. The van der Waals surface area contributed by atoms with Crippen molar-refractivity contribution >= 4 is 11.5 Å². The van der Waals surface area contributed by atoms with Gasteiger partial charge in [0.05, 0.1) is 5.57 Å². The van der Waals surface area contributed by atoms with Crippen LogP contribution in [0.3, 0.4) is 0 Å². The van der Waals surface area contributed by atoms with Gasteiger partial charge < -0.3 is 5.11 Å². The van der Waals surface area contributed by atoms with E-state index in [0.717, 1.165) is 18.2 Å². The molecule has 0 radical (unpaired) electrons. The Morgan fingerprint density at radius 1 is 1.27 bits per heavy atom. The molecule has 0 bridgehead atoms. The number of carboxylic acids is 1.